The minimum absolute atomic E-state index is 0.318. The number of methoxy groups -OCH3 is 1. The lowest BCUT2D eigenvalue weighted by molar-refractivity contribution is 0.415. The SMILES string of the molecule is COc1ccc(F)cc1-c1nc(C)nc2ccccc12. The maximum absolute atomic E-state index is 13.6. The van der Waals surface area contributed by atoms with Crippen molar-refractivity contribution in [1.82, 2.24) is 9.97 Å². The number of aryl methyl sites for hydroxylation is 1. The van der Waals surface area contributed by atoms with E-state index in [-0.39, 0.29) is 5.82 Å². The summed E-state index contributed by atoms with van der Waals surface area (Å²) < 4.78 is 18.9. The van der Waals surface area contributed by atoms with Crippen molar-refractivity contribution in [3.05, 3.63) is 54.1 Å². The number of ether oxygens (including phenoxy) is 1. The van der Waals surface area contributed by atoms with Crippen LogP contribution in [0.5, 0.6) is 5.75 Å². The van der Waals surface area contributed by atoms with Crippen LogP contribution in [0.2, 0.25) is 0 Å². The molecule has 1 heterocycles. The number of benzene rings is 2. The van der Waals surface area contributed by atoms with E-state index in [0.29, 0.717) is 22.8 Å². The Labute approximate surface area is 116 Å². The fraction of sp³-hybridized carbons (Fsp3) is 0.125. The number of fused-ring (bicyclic) bond motifs is 1. The molecule has 100 valence electrons. The van der Waals surface area contributed by atoms with Crippen LogP contribution in [0.25, 0.3) is 22.2 Å². The first-order valence-corrected chi connectivity index (χ1v) is 6.26. The fourth-order valence-corrected chi connectivity index (χ4v) is 2.26. The molecule has 20 heavy (non-hydrogen) atoms. The first kappa shape index (κ1) is 12.5. The van der Waals surface area contributed by atoms with Crippen molar-refractivity contribution in [1.29, 1.82) is 0 Å². The average molecular weight is 268 g/mol. The Hall–Kier alpha value is -2.49. The molecule has 0 atom stereocenters. The van der Waals surface area contributed by atoms with E-state index in [9.17, 15) is 4.39 Å². The van der Waals surface area contributed by atoms with Crippen molar-refractivity contribution in [3.8, 4) is 17.0 Å². The van der Waals surface area contributed by atoms with Gasteiger partial charge in [0.2, 0.25) is 0 Å². The van der Waals surface area contributed by atoms with E-state index in [1.54, 1.807) is 13.2 Å². The molecule has 0 amide bonds. The van der Waals surface area contributed by atoms with Gasteiger partial charge in [-0.1, -0.05) is 18.2 Å². The molecule has 2 aromatic carbocycles. The monoisotopic (exact) mass is 268 g/mol. The maximum atomic E-state index is 13.6. The Morgan fingerprint density at radius 3 is 2.65 bits per heavy atom. The second kappa shape index (κ2) is 4.89. The Morgan fingerprint density at radius 1 is 1.05 bits per heavy atom. The predicted molar refractivity (Wildman–Crippen MR) is 76.2 cm³/mol. The van der Waals surface area contributed by atoms with Gasteiger partial charge in [0.15, 0.2) is 0 Å². The van der Waals surface area contributed by atoms with Crippen LogP contribution in [-0.2, 0) is 0 Å². The van der Waals surface area contributed by atoms with Crippen LogP contribution in [0.3, 0.4) is 0 Å². The lowest BCUT2D eigenvalue weighted by Crippen LogP contribution is -1.96. The third-order valence-electron chi connectivity index (χ3n) is 3.13. The summed E-state index contributed by atoms with van der Waals surface area (Å²) in [5.74, 6) is 0.917. The summed E-state index contributed by atoms with van der Waals surface area (Å²) in [6, 6.07) is 12.1. The van der Waals surface area contributed by atoms with Crippen LogP contribution in [0.4, 0.5) is 4.39 Å². The van der Waals surface area contributed by atoms with E-state index in [1.807, 2.05) is 31.2 Å². The Balaban J connectivity index is 2.37. The third kappa shape index (κ3) is 2.09. The van der Waals surface area contributed by atoms with E-state index in [0.717, 1.165) is 10.9 Å². The van der Waals surface area contributed by atoms with Gasteiger partial charge < -0.3 is 4.74 Å². The minimum Gasteiger partial charge on any atom is -0.496 e. The van der Waals surface area contributed by atoms with Crippen LogP contribution in [0.1, 0.15) is 5.82 Å². The molecule has 0 bridgehead atoms. The fourth-order valence-electron chi connectivity index (χ4n) is 2.26. The lowest BCUT2D eigenvalue weighted by Gasteiger charge is -2.11. The quantitative estimate of drug-likeness (QED) is 0.710. The van der Waals surface area contributed by atoms with Crippen molar-refractivity contribution in [2.45, 2.75) is 6.92 Å². The molecule has 4 heteroatoms. The molecule has 0 aliphatic carbocycles. The summed E-state index contributed by atoms with van der Waals surface area (Å²) >= 11 is 0. The van der Waals surface area contributed by atoms with Gasteiger partial charge in [0.25, 0.3) is 0 Å². The highest BCUT2D eigenvalue weighted by Crippen LogP contribution is 2.33. The summed E-state index contributed by atoms with van der Waals surface area (Å²) in [6.45, 7) is 1.82. The first-order valence-electron chi connectivity index (χ1n) is 6.26. The van der Waals surface area contributed by atoms with Crippen molar-refractivity contribution in [2.75, 3.05) is 7.11 Å². The second-order valence-electron chi connectivity index (χ2n) is 4.48. The molecule has 3 rings (SSSR count). The zero-order valence-electron chi connectivity index (χ0n) is 11.2. The lowest BCUT2D eigenvalue weighted by atomic mass is 10.1. The number of hydrogen-bond acceptors (Lipinski definition) is 3. The maximum Gasteiger partial charge on any atom is 0.128 e. The molecule has 0 N–H and O–H groups in total. The molecule has 3 aromatic rings. The summed E-state index contributed by atoms with van der Waals surface area (Å²) in [5.41, 5.74) is 2.15. The van der Waals surface area contributed by atoms with Crippen molar-refractivity contribution in [3.63, 3.8) is 0 Å². The largest absolute Gasteiger partial charge is 0.496 e. The molecule has 0 spiro atoms. The van der Waals surface area contributed by atoms with E-state index in [1.165, 1.54) is 12.1 Å². The standard InChI is InChI=1S/C16H13FN2O/c1-10-18-14-6-4-3-5-12(14)16(19-10)13-9-11(17)7-8-15(13)20-2/h3-9H,1-2H3. The van der Waals surface area contributed by atoms with Gasteiger partial charge in [-0.25, -0.2) is 14.4 Å². The zero-order valence-corrected chi connectivity index (χ0v) is 11.2. The van der Waals surface area contributed by atoms with Crippen LogP contribution in [-0.4, -0.2) is 17.1 Å². The number of hydrogen-bond donors (Lipinski definition) is 0. The van der Waals surface area contributed by atoms with Crippen molar-refractivity contribution < 1.29 is 9.13 Å². The minimum atomic E-state index is -0.318. The number of aromatic nitrogens is 2. The van der Waals surface area contributed by atoms with Crippen molar-refractivity contribution >= 4 is 10.9 Å². The number of rotatable bonds is 2. The van der Waals surface area contributed by atoms with E-state index < -0.39 is 0 Å². The Bertz CT molecular complexity index is 787. The summed E-state index contributed by atoms with van der Waals surface area (Å²) in [7, 11) is 1.56. The van der Waals surface area contributed by atoms with Crippen LogP contribution >= 0.6 is 0 Å². The molecule has 0 fully saturated rings. The van der Waals surface area contributed by atoms with Crippen LogP contribution in [0.15, 0.2) is 42.5 Å². The molecule has 0 unspecified atom stereocenters. The van der Waals surface area contributed by atoms with Gasteiger partial charge in [-0.3, -0.25) is 0 Å². The van der Waals surface area contributed by atoms with E-state index >= 15 is 0 Å². The Kier molecular flexibility index (Phi) is 3.06. The molecule has 0 radical (unpaired) electrons. The topological polar surface area (TPSA) is 35.0 Å². The molecule has 0 saturated heterocycles. The van der Waals surface area contributed by atoms with Gasteiger partial charge in [0.05, 0.1) is 18.3 Å². The van der Waals surface area contributed by atoms with Gasteiger partial charge >= 0.3 is 0 Å². The highest BCUT2D eigenvalue weighted by Gasteiger charge is 2.13. The smallest absolute Gasteiger partial charge is 0.128 e. The molecular weight excluding hydrogens is 255 g/mol. The van der Waals surface area contributed by atoms with E-state index in [4.69, 9.17) is 4.74 Å². The first-order chi connectivity index (χ1) is 9.69. The number of nitrogens with zero attached hydrogens (tertiary/aromatic N) is 2. The molecule has 0 aliphatic heterocycles. The van der Waals surface area contributed by atoms with E-state index in [2.05, 4.69) is 9.97 Å². The normalized spacial score (nSPS) is 10.8. The van der Waals surface area contributed by atoms with Gasteiger partial charge in [0.1, 0.15) is 17.4 Å². The van der Waals surface area contributed by atoms with Gasteiger partial charge in [-0.2, -0.15) is 0 Å². The van der Waals surface area contributed by atoms with Gasteiger partial charge in [-0.15, -0.1) is 0 Å². The zero-order chi connectivity index (χ0) is 14.1. The molecule has 0 aliphatic rings. The number of para-hydroxylation sites is 1. The van der Waals surface area contributed by atoms with Gasteiger partial charge in [0, 0.05) is 10.9 Å². The molecule has 0 saturated carbocycles. The summed E-state index contributed by atoms with van der Waals surface area (Å²) in [4.78, 5) is 8.86. The second-order valence-corrected chi connectivity index (χ2v) is 4.48. The van der Waals surface area contributed by atoms with Crippen LogP contribution < -0.4 is 4.74 Å². The molecule has 1 aromatic heterocycles. The predicted octanol–water partition coefficient (Wildman–Crippen LogP) is 3.75. The summed E-state index contributed by atoms with van der Waals surface area (Å²) in [6.07, 6.45) is 0. The summed E-state index contributed by atoms with van der Waals surface area (Å²) in [5, 5.41) is 0.877. The van der Waals surface area contributed by atoms with Gasteiger partial charge in [-0.05, 0) is 31.2 Å². The Morgan fingerprint density at radius 2 is 1.85 bits per heavy atom. The third-order valence-corrected chi connectivity index (χ3v) is 3.13. The molecular formula is C16H13FN2O. The highest BCUT2D eigenvalue weighted by atomic mass is 19.1. The average Bonchev–Trinajstić information content (AvgIpc) is 2.46. The highest BCUT2D eigenvalue weighted by molar-refractivity contribution is 5.93. The van der Waals surface area contributed by atoms with Crippen molar-refractivity contribution in [2.24, 2.45) is 0 Å². The molecule has 3 nitrogen and oxygen atoms in total. The van der Waals surface area contributed by atoms with Crippen LogP contribution in [0, 0.1) is 12.7 Å². The number of halogens is 1.